The number of hydrogen-bond acceptors (Lipinski definition) is 1. The maximum Gasteiger partial charge on any atom is 0.263 e. The molecule has 0 atom stereocenters. The van der Waals surface area contributed by atoms with Crippen LogP contribution >= 0.6 is 0 Å². The Morgan fingerprint density at radius 2 is 0.905 bits per heavy atom. The molecule has 0 fully saturated rings. The number of benzene rings is 6. The number of aromatic nitrogens is 4. The van der Waals surface area contributed by atoms with Gasteiger partial charge in [0.25, 0.3) is 5.56 Å². The topological polar surface area (TPSA) is 36.3 Å². The minimum Gasteiger partial charge on any atom is -0.306 e. The number of pyridine rings is 1. The lowest BCUT2D eigenvalue weighted by Gasteiger charge is -2.31. The van der Waals surface area contributed by atoms with Crippen molar-refractivity contribution in [1.82, 2.24) is 18.1 Å². The van der Waals surface area contributed by atoms with Crippen LogP contribution in [0, 0.1) is 0 Å². The summed E-state index contributed by atoms with van der Waals surface area (Å²) < 4.78 is 9.05. The normalized spacial score (nSPS) is 12.4. The van der Waals surface area contributed by atoms with E-state index in [2.05, 4.69) is 117 Å². The Morgan fingerprint density at radius 1 is 0.357 bits per heavy atom. The van der Waals surface area contributed by atoms with Crippen molar-refractivity contribution in [2.75, 3.05) is 0 Å². The van der Waals surface area contributed by atoms with Gasteiger partial charge in [-0.2, -0.15) is 0 Å². The molecule has 5 heteroatoms. The molecule has 0 unspecified atom stereocenters. The molecule has 8 aromatic rings. The highest BCUT2D eigenvalue weighted by molar-refractivity contribution is 6.19. The van der Waals surface area contributed by atoms with Crippen LogP contribution in [0.2, 0.25) is 0 Å². The van der Waals surface area contributed by atoms with Crippen LogP contribution in [-0.2, 0) is 0 Å². The van der Waals surface area contributed by atoms with Crippen LogP contribution in [0.3, 0.4) is 0 Å². The molecule has 0 spiro atoms. The summed E-state index contributed by atoms with van der Waals surface area (Å²) in [6.07, 6.45) is 0. The zero-order chi connectivity index (χ0) is 27.5. The van der Waals surface area contributed by atoms with Gasteiger partial charge in [-0.05, 0) is 72.1 Å². The Hall–Kier alpha value is -5.81. The molecule has 5 nitrogen and oxygen atoms in total. The number of rotatable bonds is 2. The summed E-state index contributed by atoms with van der Waals surface area (Å²) in [5.74, 6) is 0. The molecule has 2 aliphatic rings. The van der Waals surface area contributed by atoms with E-state index in [0.29, 0.717) is 0 Å². The predicted octanol–water partition coefficient (Wildman–Crippen LogP) is 8.31. The van der Waals surface area contributed by atoms with Crippen LogP contribution in [0.1, 0.15) is 0 Å². The molecular weight excluding hydrogens is 516 g/mol. The molecule has 4 heterocycles. The highest BCUT2D eigenvalue weighted by Crippen LogP contribution is 2.44. The average Bonchev–Trinajstić information content (AvgIpc) is 3.05. The SMILES string of the molecule is O=c1c2ccccc2c2ccc3c4c2n1c1cccc2c1-n4c1c(cccc1n3-c1ccccc1)n2-c1ccccc1. The van der Waals surface area contributed by atoms with Crippen LogP contribution in [0.5, 0.6) is 0 Å². The summed E-state index contributed by atoms with van der Waals surface area (Å²) in [7, 11) is 0. The zero-order valence-electron chi connectivity index (χ0n) is 22.4. The van der Waals surface area contributed by atoms with Crippen molar-refractivity contribution in [3.63, 3.8) is 0 Å². The molecular formula is C37H22N4O. The van der Waals surface area contributed by atoms with E-state index in [0.717, 1.165) is 77.4 Å². The van der Waals surface area contributed by atoms with Crippen molar-refractivity contribution in [2.24, 2.45) is 0 Å². The van der Waals surface area contributed by atoms with Gasteiger partial charge in [0.15, 0.2) is 0 Å². The van der Waals surface area contributed by atoms with Gasteiger partial charge in [-0.15, -0.1) is 0 Å². The third kappa shape index (κ3) is 2.52. The first kappa shape index (κ1) is 21.9. The van der Waals surface area contributed by atoms with E-state index in [-0.39, 0.29) is 5.56 Å². The number of fused-ring (bicyclic) bond motifs is 3. The van der Waals surface area contributed by atoms with Gasteiger partial charge >= 0.3 is 0 Å². The quantitative estimate of drug-likeness (QED) is 0.161. The monoisotopic (exact) mass is 538 g/mol. The molecule has 10 rings (SSSR count). The summed E-state index contributed by atoms with van der Waals surface area (Å²) in [6.45, 7) is 0. The summed E-state index contributed by atoms with van der Waals surface area (Å²) in [4.78, 5) is 14.4. The fourth-order valence-corrected chi connectivity index (χ4v) is 7.29. The number of nitrogens with zero attached hydrogens (tertiary/aromatic N) is 4. The average molecular weight is 539 g/mol. The van der Waals surface area contributed by atoms with Gasteiger partial charge < -0.3 is 9.13 Å². The van der Waals surface area contributed by atoms with Crippen LogP contribution in [-0.4, -0.2) is 18.1 Å². The molecule has 0 amide bonds. The van der Waals surface area contributed by atoms with Crippen molar-refractivity contribution in [3.05, 3.63) is 144 Å². The number of hydrogen-bond donors (Lipinski definition) is 0. The van der Waals surface area contributed by atoms with Crippen LogP contribution in [0.4, 0.5) is 0 Å². The highest BCUT2D eigenvalue weighted by Gasteiger charge is 2.28. The van der Waals surface area contributed by atoms with E-state index < -0.39 is 0 Å². The lowest BCUT2D eigenvalue weighted by atomic mass is 10.0. The van der Waals surface area contributed by atoms with Gasteiger partial charge in [0.1, 0.15) is 0 Å². The molecule has 0 saturated heterocycles. The fourth-order valence-electron chi connectivity index (χ4n) is 7.29. The maximum atomic E-state index is 14.4. The van der Waals surface area contributed by atoms with Crippen molar-refractivity contribution >= 4 is 60.3 Å². The van der Waals surface area contributed by atoms with Crippen LogP contribution in [0.15, 0.2) is 138 Å². The second-order valence-electron chi connectivity index (χ2n) is 11.0. The van der Waals surface area contributed by atoms with Gasteiger partial charge in [0, 0.05) is 22.1 Å². The van der Waals surface area contributed by atoms with Gasteiger partial charge in [0.2, 0.25) is 0 Å². The first-order valence-corrected chi connectivity index (χ1v) is 14.2. The predicted molar refractivity (Wildman–Crippen MR) is 172 cm³/mol. The lowest BCUT2D eigenvalue weighted by Crippen LogP contribution is -2.23. The van der Waals surface area contributed by atoms with Gasteiger partial charge in [-0.25, -0.2) is 0 Å². The molecule has 6 aromatic carbocycles. The van der Waals surface area contributed by atoms with E-state index in [1.165, 1.54) is 0 Å². The third-order valence-electron chi connectivity index (χ3n) is 8.90. The maximum absolute atomic E-state index is 14.4. The molecule has 42 heavy (non-hydrogen) atoms. The molecule has 0 saturated carbocycles. The van der Waals surface area contributed by atoms with Gasteiger partial charge in [-0.1, -0.05) is 66.7 Å². The summed E-state index contributed by atoms with van der Waals surface area (Å²) in [6, 6.07) is 46.3. The Bertz CT molecular complexity index is 2690. The molecule has 0 bridgehead atoms. The van der Waals surface area contributed by atoms with Gasteiger partial charge in [-0.3, -0.25) is 13.8 Å². The van der Waals surface area contributed by atoms with Crippen LogP contribution in [0.25, 0.3) is 77.4 Å². The minimum absolute atomic E-state index is 0.00160. The molecule has 0 N–H and O–H groups in total. The molecule has 2 aromatic heterocycles. The van der Waals surface area contributed by atoms with Crippen molar-refractivity contribution in [3.8, 4) is 17.1 Å². The molecule has 0 aliphatic carbocycles. The molecule has 2 aliphatic heterocycles. The van der Waals surface area contributed by atoms with Crippen LogP contribution < -0.4 is 5.56 Å². The second kappa shape index (κ2) is 7.68. The molecule has 196 valence electrons. The third-order valence-corrected chi connectivity index (χ3v) is 8.90. The Morgan fingerprint density at radius 3 is 1.60 bits per heavy atom. The minimum atomic E-state index is 0.00160. The first-order chi connectivity index (χ1) is 20.8. The standard InChI is InChI=1S/C37H22N4O/c42-37-27-16-8-7-15-25(27)26-21-22-32-36-33(26)40(37)31-20-10-19-30-35(31)41(36)34-28(38(30)23-11-3-1-4-12-23)17-9-18-29(34)39(32)24-13-5-2-6-14-24/h1-22H. The smallest absolute Gasteiger partial charge is 0.263 e. The lowest BCUT2D eigenvalue weighted by molar-refractivity contribution is 1.02. The van der Waals surface area contributed by atoms with Crippen molar-refractivity contribution in [1.29, 1.82) is 0 Å². The Labute approximate surface area is 239 Å². The zero-order valence-corrected chi connectivity index (χ0v) is 22.4. The first-order valence-electron chi connectivity index (χ1n) is 14.2. The Balaban J connectivity index is 1.63. The highest BCUT2D eigenvalue weighted by atomic mass is 16.1. The second-order valence-corrected chi connectivity index (χ2v) is 11.0. The van der Waals surface area contributed by atoms with E-state index in [9.17, 15) is 4.79 Å². The van der Waals surface area contributed by atoms with Crippen molar-refractivity contribution in [2.45, 2.75) is 0 Å². The largest absolute Gasteiger partial charge is 0.306 e. The van der Waals surface area contributed by atoms with Gasteiger partial charge in [0.05, 0.1) is 49.8 Å². The molecule has 0 radical (unpaired) electrons. The number of para-hydroxylation sites is 4. The van der Waals surface area contributed by atoms with E-state index >= 15 is 0 Å². The van der Waals surface area contributed by atoms with E-state index in [4.69, 9.17) is 0 Å². The van der Waals surface area contributed by atoms with E-state index in [1.54, 1.807) is 0 Å². The summed E-state index contributed by atoms with van der Waals surface area (Å²) in [5.41, 5.74) is 11.5. The summed E-state index contributed by atoms with van der Waals surface area (Å²) >= 11 is 0. The van der Waals surface area contributed by atoms with E-state index in [1.807, 2.05) is 34.7 Å². The van der Waals surface area contributed by atoms with Crippen molar-refractivity contribution < 1.29 is 0 Å². The Kier molecular flexibility index (Phi) is 4.01. The fraction of sp³-hybridized carbons (Fsp3) is 0. The summed E-state index contributed by atoms with van der Waals surface area (Å²) in [5, 5.41) is 2.77.